The van der Waals surface area contributed by atoms with Crippen LogP contribution in [0.25, 0.3) is 0 Å². The lowest BCUT2D eigenvalue weighted by molar-refractivity contribution is -0.117. The molecule has 2 aromatic rings. The van der Waals surface area contributed by atoms with E-state index in [2.05, 4.69) is 30.1 Å². The van der Waals surface area contributed by atoms with Crippen LogP contribution >= 0.6 is 0 Å². The van der Waals surface area contributed by atoms with Crippen LogP contribution in [0.15, 0.2) is 41.2 Å². The molecule has 1 saturated heterocycles. The van der Waals surface area contributed by atoms with Crippen LogP contribution in [-0.2, 0) is 4.79 Å². The summed E-state index contributed by atoms with van der Waals surface area (Å²) < 4.78 is 5.01. The third kappa shape index (κ3) is 4.81. The second-order valence-electron chi connectivity index (χ2n) is 7.68. The quantitative estimate of drug-likeness (QED) is 0.858. The Bertz CT molecular complexity index is 814. The third-order valence-corrected chi connectivity index (χ3v) is 5.20. The minimum atomic E-state index is -0.0125. The topological polar surface area (TPSA) is 65.8 Å². The lowest BCUT2D eigenvalue weighted by Gasteiger charge is -2.22. The van der Waals surface area contributed by atoms with Crippen LogP contribution in [0.1, 0.15) is 47.7 Å². The smallest absolute Gasteiger partial charge is 0.257 e. The van der Waals surface area contributed by atoms with Crippen molar-refractivity contribution in [3.05, 3.63) is 53.5 Å². The molecule has 2 heterocycles. The van der Waals surface area contributed by atoms with Crippen LogP contribution < -0.4 is 5.32 Å². The van der Waals surface area contributed by atoms with Gasteiger partial charge < -0.3 is 14.6 Å². The van der Waals surface area contributed by atoms with Gasteiger partial charge >= 0.3 is 0 Å². The zero-order chi connectivity index (χ0) is 20.1. The summed E-state index contributed by atoms with van der Waals surface area (Å²) in [5.74, 6) is 0.322. The number of aryl methyl sites for hydroxylation is 1. The van der Waals surface area contributed by atoms with Gasteiger partial charge in [0.15, 0.2) is 0 Å². The minimum Gasteiger partial charge on any atom is -0.472 e. The van der Waals surface area contributed by atoms with Crippen molar-refractivity contribution in [3.63, 3.8) is 0 Å². The monoisotopic (exact) mass is 383 g/mol. The number of hydrogen-bond acceptors (Lipinski definition) is 4. The van der Waals surface area contributed by atoms with Crippen LogP contribution in [0, 0.1) is 6.92 Å². The van der Waals surface area contributed by atoms with Gasteiger partial charge in [-0.1, -0.05) is 32.0 Å². The Labute approximate surface area is 166 Å². The van der Waals surface area contributed by atoms with Crippen molar-refractivity contribution in [2.24, 2.45) is 0 Å². The molecule has 0 saturated carbocycles. The fourth-order valence-corrected chi connectivity index (χ4v) is 3.63. The molecule has 3 rings (SSSR count). The highest BCUT2D eigenvalue weighted by molar-refractivity contribution is 5.94. The zero-order valence-corrected chi connectivity index (χ0v) is 16.9. The summed E-state index contributed by atoms with van der Waals surface area (Å²) in [7, 11) is 0. The summed E-state index contributed by atoms with van der Waals surface area (Å²) in [6.45, 7) is 9.40. The molecule has 1 fully saturated rings. The first kappa shape index (κ1) is 20.1. The molecule has 28 heavy (non-hydrogen) atoms. The normalized spacial score (nSPS) is 15.5. The molecule has 2 amide bonds. The standard InChI is InChI=1S/C22H29N3O3/c1-16(2)19-7-4-6-17(3)21(19)23-20(26)14-24-9-5-10-25(12-11-24)22(27)18-8-13-28-15-18/h4,6-8,13,15-16H,5,9-12,14H2,1-3H3,(H,23,26). The fraction of sp³-hybridized carbons (Fsp3) is 0.455. The molecule has 0 atom stereocenters. The molecule has 1 aliphatic heterocycles. The SMILES string of the molecule is Cc1cccc(C(C)C)c1NC(=O)CN1CCCN(C(=O)c2ccoc2)CC1. The zero-order valence-electron chi connectivity index (χ0n) is 16.9. The number of amides is 2. The van der Waals surface area contributed by atoms with E-state index in [-0.39, 0.29) is 11.8 Å². The van der Waals surface area contributed by atoms with E-state index >= 15 is 0 Å². The van der Waals surface area contributed by atoms with Crippen molar-refractivity contribution < 1.29 is 14.0 Å². The Morgan fingerprint density at radius 1 is 1.14 bits per heavy atom. The lowest BCUT2D eigenvalue weighted by atomic mass is 9.98. The van der Waals surface area contributed by atoms with Gasteiger partial charge in [0.1, 0.15) is 6.26 Å². The molecule has 150 valence electrons. The van der Waals surface area contributed by atoms with Crippen molar-refractivity contribution in [1.29, 1.82) is 0 Å². The van der Waals surface area contributed by atoms with Crippen molar-refractivity contribution in [2.75, 3.05) is 38.0 Å². The maximum Gasteiger partial charge on any atom is 0.257 e. The van der Waals surface area contributed by atoms with E-state index in [0.29, 0.717) is 37.7 Å². The van der Waals surface area contributed by atoms with Gasteiger partial charge in [0.2, 0.25) is 5.91 Å². The number of anilines is 1. The van der Waals surface area contributed by atoms with E-state index in [1.54, 1.807) is 6.07 Å². The molecular formula is C22H29N3O3. The van der Waals surface area contributed by atoms with Gasteiger partial charge in [-0.2, -0.15) is 0 Å². The lowest BCUT2D eigenvalue weighted by Crippen LogP contribution is -2.38. The number of para-hydroxylation sites is 1. The number of rotatable bonds is 5. The molecule has 0 radical (unpaired) electrons. The van der Waals surface area contributed by atoms with Crippen molar-refractivity contribution in [2.45, 2.75) is 33.1 Å². The molecule has 6 nitrogen and oxygen atoms in total. The van der Waals surface area contributed by atoms with E-state index in [1.165, 1.54) is 12.5 Å². The molecule has 1 N–H and O–H groups in total. The predicted octanol–water partition coefficient (Wildman–Crippen LogP) is 3.50. The van der Waals surface area contributed by atoms with Crippen molar-refractivity contribution in [3.8, 4) is 0 Å². The number of nitrogens with one attached hydrogen (secondary N) is 1. The molecule has 0 unspecified atom stereocenters. The number of carbonyl (C=O) groups is 2. The van der Waals surface area contributed by atoms with Crippen LogP contribution in [0.2, 0.25) is 0 Å². The van der Waals surface area contributed by atoms with Crippen LogP contribution in [0.4, 0.5) is 5.69 Å². The summed E-state index contributed by atoms with van der Waals surface area (Å²) >= 11 is 0. The van der Waals surface area contributed by atoms with E-state index in [4.69, 9.17) is 4.42 Å². The molecule has 1 aromatic carbocycles. The molecule has 0 spiro atoms. The average molecular weight is 383 g/mol. The highest BCUT2D eigenvalue weighted by atomic mass is 16.3. The predicted molar refractivity (Wildman–Crippen MR) is 110 cm³/mol. The van der Waals surface area contributed by atoms with Crippen molar-refractivity contribution >= 4 is 17.5 Å². The summed E-state index contributed by atoms with van der Waals surface area (Å²) in [4.78, 5) is 29.1. The third-order valence-electron chi connectivity index (χ3n) is 5.20. The average Bonchev–Trinajstić information content (AvgIpc) is 3.10. The molecule has 0 bridgehead atoms. The number of benzene rings is 1. The molecular weight excluding hydrogens is 354 g/mol. The Hall–Kier alpha value is -2.60. The summed E-state index contributed by atoms with van der Waals surface area (Å²) in [6, 6.07) is 7.80. The summed E-state index contributed by atoms with van der Waals surface area (Å²) in [5.41, 5.74) is 3.73. The Morgan fingerprint density at radius 2 is 1.96 bits per heavy atom. The first-order valence-electron chi connectivity index (χ1n) is 9.89. The van der Waals surface area contributed by atoms with E-state index in [9.17, 15) is 9.59 Å². The minimum absolute atomic E-state index is 0.00851. The highest BCUT2D eigenvalue weighted by Crippen LogP contribution is 2.27. The number of hydrogen-bond donors (Lipinski definition) is 1. The van der Waals surface area contributed by atoms with Crippen LogP contribution in [0.5, 0.6) is 0 Å². The van der Waals surface area contributed by atoms with Gasteiger partial charge in [0, 0.05) is 31.9 Å². The van der Waals surface area contributed by atoms with Crippen LogP contribution in [-0.4, -0.2) is 54.3 Å². The van der Waals surface area contributed by atoms with E-state index in [1.807, 2.05) is 24.0 Å². The van der Waals surface area contributed by atoms with E-state index < -0.39 is 0 Å². The number of carbonyl (C=O) groups excluding carboxylic acids is 2. The first-order valence-corrected chi connectivity index (χ1v) is 9.89. The summed E-state index contributed by atoms with van der Waals surface area (Å²) in [5, 5.41) is 3.11. The molecule has 1 aliphatic rings. The Kier molecular flexibility index (Phi) is 6.52. The number of furan rings is 1. The highest BCUT2D eigenvalue weighted by Gasteiger charge is 2.22. The fourth-order valence-electron chi connectivity index (χ4n) is 3.63. The van der Waals surface area contributed by atoms with Gasteiger partial charge in [-0.15, -0.1) is 0 Å². The van der Waals surface area contributed by atoms with Gasteiger partial charge in [0.05, 0.1) is 18.4 Å². The Morgan fingerprint density at radius 3 is 2.68 bits per heavy atom. The van der Waals surface area contributed by atoms with Gasteiger partial charge in [-0.05, 0) is 36.5 Å². The van der Waals surface area contributed by atoms with Crippen molar-refractivity contribution in [1.82, 2.24) is 9.80 Å². The molecule has 6 heteroatoms. The maximum absolute atomic E-state index is 12.7. The van der Waals surface area contributed by atoms with Gasteiger partial charge in [-0.25, -0.2) is 0 Å². The number of nitrogens with zero attached hydrogens (tertiary/aromatic N) is 2. The Balaban J connectivity index is 1.58. The van der Waals surface area contributed by atoms with Gasteiger partial charge in [-0.3, -0.25) is 14.5 Å². The van der Waals surface area contributed by atoms with Gasteiger partial charge in [0.25, 0.3) is 5.91 Å². The first-order chi connectivity index (χ1) is 13.5. The summed E-state index contributed by atoms with van der Waals surface area (Å²) in [6.07, 6.45) is 3.84. The molecule has 0 aliphatic carbocycles. The molecule has 1 aromatic heterocycles. The second kappa shape index (κ2) is 9.06. The maximum atomic E-state index is 12.7. The van der Waals surface area contributed by atoms with E-state index in [0.717, 1.165) is 29.8 Å². The second-order valence-corrected chi connectivity index (χ2v) is 7.68. The largest absolute Gasteiger partial charge is 0.472 e. The van der Waals surface area contributed by atoms with Crippen LogP contribution in [0.3, 0.4) is 0 Å².